The molecule has 106 valence electrons. The third kappa shape index (κ3) is 3.30. The Hall–Kier alpha value is -2.01. The summed E-state index contributed by atoms with van der Waals surface area (Å²) in [6.07, 6.45) is -0.844. The average molecular weight is 282 g/mol. The Morgan fingerprint density at radius 1 is 1.05 bits per heavy atom. The Balaban J connectivity index is 2.20. The molecule has 2 aromatic carbocycles. The quantitative estimate of drug-likeness (QED) is 0.925. The van der Waals surface area contributed by atoms with Gasteiger partial charge in [0, 0.05) is 23.3 Å². The number of ether oxygens (including phenoxy) is 1. The summed E-state index contributed by atoms with van der Waals surface area (Å²) in [7, 11) is 0. The number of benzene rings is 2. The Morgan fingerprint density at radius 3 is 2.35 bits per heavy atom. The number of aliphatic hydroxyl groups excluding tert-OH is 1. The van der Waals surface area contributed by atoms with Crippen LogP contribution >= 0.6 is 0 Å². The second kappa shape index (κ2) is 5.96. The molecule has 0 amide bonds. The predicted octanol–water partition coefficient (Wildman–Crippen LogP) is 3.74. The third-order valence-corrected chi connectivity index (χ3v) is 2.82. The summed E-state index contributed by atoms with van der Waals surface area (Å²) in [5.74, 6) is -1.81. The molecule has 0 aliphatic heterocycles. The Kier molecular flexibility index (Phi) is 4.29. The molecule has 0 aromatic heterocycles. The maximum atomic E-state index is 13.4. The van der Waals surface area contributed by atoms with Crippen LogP contribution in [0.25, 0.3) is 0 Å². The lowest BCUT2D eigenvalue weighted by atomic mass is 10.1. The largest absolute Gasteiger partial charge is 0.488 e. The van der Waals surface area contributed by atoms with Gasteiger partial charge in [0.2, 0.25) is 0 Å². The van der Waals surface area contributed by atoms with Crippen LogP contribution in [0.2, 0.25) is 0 Å². The van der Waals surface area contributed by atoms with Crippen LogP contribution in [0.1, 0.15) is 24.2 Å². The second-order valence-corrected chi connectivity index (χ2v) is 4.38. The van der Waals surface area contributed by atoms with Gasteiger partial charge in [-0.25, -0.2) is 13.2 Å². The maximum Gasteiger partial charge on any atom is 0.132 e. The summed E-state index contributed by atoms with van der Waals surface area (Å²) in [6.45, 7) is 1.33. The standard InChI is InChI=1S/C15H13F3O2/c1-9(19)13-5-4-12(17)7-15(13)20-8-10-2-3-11(16)6-14(10)18/h2-7,9,19H,8H2,1H3/t9-/m1/s1. The summed E-state index contributed by atoms with van der Waals surface area (Å²) in [6, 6.07) is 6.84. The van der Waals surface area contributed by atoms with Crippen LogP contribution in [0.15, 0.2) is 36.4 Å². The minimum atomic E-state index is -0.844. The van der Waals surface area contributed by atoms with E-state index in [4.69, 9.17) is 4.74 Å². The van der Waals surface area contributed by atoms with E-state index in [9.17, 15) is 18.3 Å². The zero-order valence-corrected chi connectivity index (χ0v) is 10.7. The molecular formula is C15H13F3O2. The molecule has 0 saturated heterocycles. The highest BCUT2D eigenvalue weighted by Gasteiger charge is 2.12. The van der Waals surface area contributed by atoms with E-state index in [1.54, 1.807) is 0 Å². The fourth-order valence-electron chi connectivity index (χ4n) is 1.77. The predicted molar refractivity (Wildman–Crippen MR) is 67.7 cm³/mol. The molecule has 2 aromatic rings. The zero-order chi connectivity index (χ0) is 14.7. The van der Waals surface area contributed by atoms with Crippen molar-refractivity contribution in [1.82, 2.24) is 0 Å². The van der Waals surface area contributed by atoms with E-state index in [1.807, 2.05) is 0 Å². The van der Waals surface area contributed by atoms with Crippen molar-refractivity contribution in [2.24, 2.45) is 0 Å². The fourth-order valence-corrected chi connectivity index (χ4v) is 1.77. The summed E-state index contributed by atoms with van der Waals surface area (Å²) >= 11 is 0. The first kappa shape index (κ1) is 14.4. The molecule has 0 spiro atoms. The molecule has 0 aliphatic carbocycles. The Labute approximate surface area is 114 Å². The van der Waals surface area contributed by atoms with Crippen molar-refractivity contribution in [2.75, 3.05) is 0 Å². The number of hydrogen-bond donors (Lipinski definition) is 1. The van der Waals surface area contributed by atoms with Crippen molar-refractivity contribution >= 4 is 0 Å². The van der Waals surface area contributed by atoms with Crippen molar-refractivity contribution in [3.05, 3.63) is 65.0 Å². The normalized spacial score (nSPS) is 12.2. The first-order valence-electron chi connectivity index (χ1n) is 6.01. The lowest BCUT2D eigenvalue weighted by Gasteiger charge is -2.14. The van der Waals surface area contributed by atoms with Crippen molar-refractivity contribution in [3.63, 3.8) is 0 Å². The zero-order valence-electron chi connectivity index (χ0n) is 10.7. The van der Waals surface area contributed by atoms with E-state index < -0.39 is 23.6 Å². The molecule has 0 saturated carbocycles. The van der Waals surface area contributed by atoms with Gasteiger partial charge in [-0.15, -0.1) is 0 Å². The molecular weight excluding hydrogens is 269 g/mol. The first-order chi connectivity index (χ1) is 9.47. The summed E-state index contributed by atoms with van der Waals surface area (Å²) in [5.41, 5.74) is 0.543. The van der Waals surface area contributed by atoms with Gasteiger partial charge in [-0.2, -0.15) is 0 Å². The molecule has 2 rings (SSSR count). The van der Waals surface area contributed by atoms with Crippen LogP contribution in [-0.4, -0.2) is 5.11 Å². The van der Waals surface area contributed by atoms with Gasteiger partial charge in [-0.1, -0.05) is 0 Å². The van der Waals surface area contributed by atoms with Crippen LogP contribution in [0.3, 0.4) is 0 Å². The van der Waals surface area contributed by atoms with E-state index >= 15 is 0 Å². The van der Waals surface area contributed by atoms with Gasteiger partial charge < -0.3 is 9.84 Å². The van der Waals surface area contributed by atoms with E-state index in [2.05, 4.69) is 0 Å². The van der Waals surface area contributed by atoms with Gasteiger partial charge in [0.15, 0.2) is 0 Å². The lowest BCUT2D eigenvalue weighted by Crippen LogP contribution is -2.03. The molecule has 0 bridgehead atoms. The number of halogens is 3. The van der Waals surface area contributed by atoms with Gasteiger partial charge in [0.05, 0.1) is 6.10 Å². The van der Waals surface area contributed by atoms with Crippen molar-refractivity contribution in [1.29, 1.82) is 0 Å². The smallest absolute Gasteiger partial charge is 0.132 e. The van der Waals surface area contributed by atoms with Crippen molar-refractivity contribution in [2.45, 2.75) is 19.6 Å². The van der Waals surface area contributed by atoms with E-state index in [0.717, 1.165) is 18.2 Å². The van der Waals surface area contributed by atoms with E-state index in [-0.39, 0.29) is 17.9 Å². The topological polar surface area (TPSA) is 29.5 Å². The highest BCUT2D eigenvalue weighted by Crippen LogP contribution is 2.27. The molecule has 1 atom stereocenters. The van der Waals surface area contributed by atoms with Crippen LogP contribution < -0.4 is 4.74 Å². The Bertz CT molecular complexity index is 612. The van der Waals surface area contributed by atoms with Gasteiger partial charge in [-0.3, -0.25) is 0 Å². The monoisotopic (exact) mass is 282 g/mol. The summed E-state index contributed by atoms with van der Waals surface area (Å²) < 4.78 is 44.7. The number of aliphatic hydroxyl groups is 1. The molecule has 0 fully saturated rings. The second-order valence-electron chi connectivity index (χ2n) is 4.38. The minimum Gasteiger partial charge on any atom is -0.488 e. The summed E-state index contributed by atoms with van der Waals surface area (Å²) in [4.78, 5) is 0. The highest BCUT2D eigenvalue weighted by molar-refractivity contribution is 5.35. The molecule has 5 heteroatoms. The van der Waals surface area contributed by atoms with Gasteiger partial charge in [-0.05, 0) is 31.2 Å². The highest BCUT2D eigenvalue weighted by atomic mass is 19.1. The van der Waals surface area contributed by atoms with Crippen molar-refractivity contribution < 1.29 is 23.0 Å². The van der Waals surface area contributed by atoms with Crippen LogP contribution in [0.5, 0.6) is 5.75 Å². The van der Waals surface area contributed by atoms with E-state index in [1.165, 1.54) is 25.1 Å². The SMILES string of the molecule is C[C@@H](O)c1ccc(F)cc1OCc1ccc(F)cc1F. The third-order valence-electron chi connectivity index (χ3n) is 2.82. The van der Waals surface area contributed by atoms with Crippen LogP contribution in [0.4, 0.5) is 13.2 Å². The van der Waals surface area contributed by atoms with E-state index in [0.29, 0.717) is 5.56 Å². The summed E-state index contributed by atoms with van der Waals surface area (Å²) in [5, 5.41) is 9.56. The molecule has 0 heterocycles. The number of rotatable bonds is 4. The lowest BCUT2D eigenvalue weighted by molar-refractivity contribution is 0.189. The van der Waals surface area contributed by atoms with Gasteiger partial charge in [0.1, 0.15) is 29.8 Å². The average Bonchev–Trinajstić information content (AvgIpc) is 2.37. The number of hydrogen-bond acceptors (Lipinski definition) is 2. The van der Waals surface area contributed by atoms with Gasteiger partial charge >= 0.3 is 0 Å². The first-order valence-corrected chi connectivity index (χ1v) is 6.01. The maximum absolute atomic E-state index is 13.4. The molecule has 1 N–H and O–H groups in total. The van der Waals surface area contributed by atoms with Crippen LogP contribution in [0, 0.1) is 17.5 Å². The van der Waals surface area contributed by atoms with Crippen molar-refractivity contribution in [3.8, 4) is 5.75 Å². The fraction of sp³-hybridized carbons (Fsp3) is 0.200. The molecule has 0 aliphatic rings. The molecule has 0 unspecified atom stereocenters. The molecule has 0 radical (unpaired) electrons. The molecule has 20 heavy (non-hydrogen) atoms. The Morgan fingerprint density at radius 2 is 1.70 bits per heavy atom. The minimum absolute atomic E-state index is 0.128. The van der Waals surface area contributed by atoms with Crippen LogP contribution in [-0.2, 0) is 6.61 Å². The molecule has 2 nitrogen and oxygen atoms in total. The van der Waals surface area contributed by atoms with Gasteiger partial charge in [0.25, 0.3) is 0 Å².